The van der Waals surface area contributed by atoms with Gasteiger partial charge in [-0.15, -0.1) is 0 Å². The maximum absolute atomic E-state index is 13.4. The zero-order valence-electron chi connectivity index (χ0n) is 13.9. The highest BCUT2D eigenvalue weighted by atomic mass is 32.2. The number of benzene rings is 1. The molecule has 1 aromatic heterocycles. The van der Waals surface area contributed by atoms with Crippen molar-refractivity contribution in [3.05, 3.63) is 42.2 Å². The molecule has 0 saturated carbocycles. The van der Waals surface area contributed by atoms with E-state index >= 15 is 0 Å². The van der Waals surface area contributed by atoms with E-state index in [1.807, 2.05) is 0 Å². The van der Waals surface area contributed by atoms with Gasteiger partial charge in [-0.2, -0.15) is 4.31 Å². The Morgan fingerprint density at radius 2 is 1.77 bits per heavy atom. The van der Waals surface area contributed by atoms with Crippen molar-refractivity contribution in [3.63, 3.8) is 0 Å². The summed E-state index contributed by atoms with van der Waals surface area (Å²) in [5.74, 6) is -1.54. The van der Waals surface area contributed by atoms with Crippen LogP contribution >= 0.6 is 0 Å². The summed E-state index contributed by atoms with van der Waals surface area (Å²) in [5.41, 5.74) is 0. The molecule has 10 heteroatoms. The number of piperidine rings is 1. The van der Waals surface area contributed by atoms with Gasteiger partial charge in [0.2, 0.25) is 10.0 Å². The molecule has 0 N–H and O–H groups in total. The van der Waals surface area contributed by atoms with Crippen LogP contribution in [0.25, 0.3) is 0 Å². The Bertz CT molecular complexity index is 875. The normalized spacial score (nSPS) is 18.5. The quantitative estimate of drug-likeness (QED) is 0.783. The molecule has 0 amide bonds. The Morgan fingerprint density at radius 3 is 2.42 bits per heavy atom. The van der Waals surface area contributed by atoms with Crippen LogP contribution in [0.15, 0.2) is 35.5 Å². The lowest BCUT2D eigenvalue weighted by Gasteiger charge is -2.31. The number of methoxy groups -OCH3 is 1. The SMILES string of the molecule is COc1nccnc1OC1CCCN(S(=O)(=O)c2cc(F)cc(F)c2)C1. The molecular weight excluding hydrogens is 368 g/mol. The Kier molecular flexibility index (Phi) is 5.33. The summed E-state index contributed by atoms with van der Waals surface area (Å²) in [7, 11) is -2.62. The first-order chi connectivity index (χ1) is 12.4. The molecule has 1 atom stereocenters. The summed E-state index contributed by atoms with van der Waals surface area (Å²) < 4.78 is 64.1. The van der Waals surface area contributed by atoms with Crippen molar-refractivity contribution < 1.29 is 26.7 Å². The van der Waals surface area contributed by atoms with Crippen molar-refractivity contribution >= 4 is 10.0 Å². The molecule has 2 aromatic rings. The minimum atomic E-state index is -4.04. The van der Waals surface area contributed by atoms with Gasteiger partial charge in [-0.05, 0) is 25.0 Å². The fourth-order valence-electron chi connectivity index (χ4n) is 2.74. The minimum absolute atomic E-state index is 0.0280. The molecule has 0 bridgehead atoms. The number of hydrogen-bond acceptors (Lipinski definition) is 6. The van der Waals surface area contributed by atoms with Gasteiger partial charge in [0.25, 0.3) is 11.8 Å². The van der Waals surface area contributed by atoms with Crippen LogP contribution < -0.4 is 9.47 Å². The second-order valence-corrected chi connectivity index (χ2v) is 7.66. The van der Waals surface area contributed by atoms with Crippen LogP contribution in [0.4, 0.5) is 8.78 Å². The first kappa shape index (κ1) is 18.5. The van der Waals surface area contributed by atoms with E-state index in [-0.39, 0.29) is 24.8 Å². The number of nitrogens with zero attached hydrogens (tertiary/aromatic N) is 3. The number of halogens is 2. The van der Waals surface area contributed by atoms with Gasteiger partial charge in [-0.1, -0.05) is 0 Å². The van der Waals surface area contributed by atoms with Crippen LogP contribution in [-0.2, 0) is 10.0 Å². The highest BCUT2D eigenvalue weighted by Crippen LogP contribution is 2.27. The van der Waals surface area contributed by atoms with Crippen molar-refractivity contribution in [2.45, 2.75) is 23.8 Å². The van der Waals surface area contributed by atoms with E-state index in [1.54, 1.807) is 0 Å². The molecule has 26 heavy (non-hydrogen) atoms. The van der Waals surface area contributed by atoms with Crippen LogP contribution in [-0.4, -0.2) is 49.0 Å². The van der Waals surface area contributed by atoms with Gasteiger partial charge >= 0.3 is 0 Å². The summed E-state index contributed by atoms with van der Waals surface area (Å²) in [6.07, 6.45) is 3.53. The highest BCUT2D eigenvalue weighted by molar-refractivity contribution is 7.89. The summed E-state index contributed by atoms with van der Waals surface area (Å²) in [6.45, 7) is 0.262. The number of sulfonamides is 1. The van der Waals surface area contributed by atoms with E-state index in [1.165, 1.54) is 19.5 Å². The number of aromatic nitrogens is 2. The maximum Gasteiger partial charge on any atom is 0.278 e. The summed E-state index contributed by atoms with van der Waals surface area (Å²) in [4.78, 5) is 7.58. The first-order valence-electron chi connectivity index (χ1n) is 7.88. The molecule has 2 heterocycles. The average molecular weight is 385 g/mol. The fraction of sp³-hybridized carbons (Fsp3) is 0.375. The second-order valence-electron chi connectivity index (χ2n) is 5.72. The summed E-state index contributed by atoms with van der Waals surface area (Å²) >= 11 is 0. The molecule has 0 spiro atoms. The largest absolute Gasteiger partial charge is 0.477 e. The molecular formula is C16H17F2N3O4S. The predicted molar refractivity (Wildman–Crippen MR) is 87.4 cm³/mol. The third-order valence-electron chi connectivity index (χ3n) is 3.92. The van der Waals surface area contributed by atoms with E-state index in [9.17, 15) is 17.2 Å². The third-order valence-corrected chi connectivity index (χ3v) is 5.76. The van der Waals surface area contributed by atoms with Gasteiger partial charge in [0, 0.05) is 25.0 Å². The molecule has 7 nitrogen and oxygen atoms in total. The third kappa shape index (κ3) is 3.91. The van der Waals surface area contributed by atoms with E-state index in [2.05, 4.69) is 9.97 Å². The average Bonchev–Trinajstić information content (AvgIpc) is 2.61. The molecule has 3 rings (SSSR count). The minimum Gasteiger partial charge on any atom is -0.477 e. The Labute approximate surface area is 149 Å². The summed E-state index contributed by atoms with van der Waals surface area (Å²) in [5, 5.41) is 0. The molecule has 1 fully saturated rings. The molecule has 1 saturated heterocycles. The highest BCUT2D eigenvalue weighted by Gasteiger charge is 2.32. The molecule has 1 aliphatic rings. The van der Waals surface area contributed by atoms with Crippen LogP contribution in [0.1, 0.15) is 12.8 Å². The molecule has 0 aliphatic carbocycles. The van der Waals surface area contributed by atoms with Crippen LogP contribution in [0.5, 0.6) is 11.8 Å². The zero-order valence-corrected chi connectivity index (χ0v) is 14.7. The van der Waals surface area contributed by atoms with Gasteiger partial charge in [0.15, 0.2) is 0 Å². The van der Waals surface area contributed by atoms with Gasteiger partial charge in [0.05, 0.1) is 18.6 Å². The zero-order chi connectivity index (χ0) is 18.7. The molecule has 1 aliphatic heterocycles. The van der Waals surface area contributed by atoms with E-state index in [0.717, 1.165) is 16.4 Å². The monoisotopic (exact) mass is 385 g/mol. The number of ether oxygens (including phenoxy) is 2. The van der Waals surface area contributed by atoms with Crippen LogP contribution in [0.2, 0.25) is 0 Å². The standard InChI is InChI=1S/C16H17F2N3O4S/c1-24-15-16(20-5-4-19-15)25-13-3-2-6-21(10-13)26(22,23)14-8-11(17)7-12(18)9-14/h4-5,7-9,13H,2-3,6,10H2,1H3. The lowest BCUT2D eigenvalue weighted by molar-refractivity contribution is 0.119. The van der Waals surface area contributed by atoms with E-state index < -0.39 is 32.7 Å². The van der Waals surface area contributed by atoms with Gasteiger partial charge in [-0.25, -0.2) is 27.2 Å². The van der Waals surface area contributed by atoms with Gasteiger partial charge in [-0.3, -0.25) is 0 Å². The van der Waals surface area contributed by atoms with E-state index in [4.69, 9.17) is 9.47 Å². The predicted octanol–water partition coefficient (Wildman–Crippen LogP) is 2.00. The molecule has 1 unspecified atom stereocenters. The summed E-state index contributed by atoms with van der Waals surface area (Å²) in [6, 6.07) is 2.23. The van der Waals surface area contributed by atoms with Crippen molar-refractivity contribution in [2.24, 2.45) is 0 Å². The Morgan fingerprint density at radius 1 is 1.12 bits per heavy atom. The topological polar surface area (TPSA) is 81.6 Å². The van der Waals surface area contributed by atoms with Crippen LogP contribution in [0, 0.1) is 11.6 Å². The van der Waals surface area contributed by atoms with E-state index in [0.29, 0.717) is 18.9 Å². The van der Waals surface area contributed by atoms with Crippen molar-refractivity contribution in [2.75, 3.05) is 20.2 Å². The maximum atomic E-state index is 13.4. The van der Waals surface area contributed by atoms with Crippen molar-refractivity contribution in [1.29, 1.82) is 0 Å². The lowest BCUT2D eigenvalue weighted by atomic mass is 10.1. The lowest BCUT2D eigenvalue weighted by Crippen LogP contribution is -2.44. The number of hydrogen-bond donors (Lipinski definition) is 0. The van der Waals surface area contributed by atoms with Gasteiger partial charge in [0.1, 0.15) is 17.7 Å². The smallest absolute Gasteiger partial charge is 0.278 e. The fourth-order valence-corrected chi connectivity index (χ4v) is 4.29. The molecule has 0 radical (unpaired) electrons. The second kappa shape index (κ2) is 7.50. The Hall–Kier alpha value is -2.33. The van der Waals surface area contributed by atoms with Gasteiger partial charge < -0.3 is 9.47 Å². The number of rotatable bonds is 5. The first-order valence-corrected chi connectivity index (χ1v) is 9.32. The molecule has 140 valence electrons. The Balaban J connectivity index is 1.79. The van der Waals surface area contributed by atoms with Crippen LogP contribution in [0.3, 0.4) is 0 Å². The molecule has 1 aromatic carbocycles. The van der Waals surface area contributed by atoms with Crippen molar-refractivity contribution in [1.82, 2.24) is 14.3 Å². The van der Waals surface area contributed by atoms with Crippen molar-refractivity contribution in [3.8, 4) is 11.8 Å².